The first-order valence-corrected chi connectivity index (χ1v) is 9.39. The van der Waals surface area contributed by atoms with Gasteiger partial charge in [0.1, 0.15) is 0 Å². The molecule has 0 rings (SSSR count). The van der Waals surface area contributed by atoms with Gasteiger partial charge in [-0.1, -0.05) is 0 Å². The Morgan fingerprint density at radius 2 is 0.333 bits per heavy atom. The smallest absolute Gasteiger partial charge is 1.00 e. The second-order valence-corrected chi connectivity index (χ2v) is 6.16. The monoisotopic (exact) mass is 632 g/mol. The summed E-state index contributed by atoms with van der Waals surface area (Å²) in [5.74, 6) is 0. The average molecular weight is 632 g/mol. The molecule has 0 aliphatic carbocycles. The average Bonchev–Trinajstić information content (AvgIpc) is 1.62. The largest absolute Gasteiger partial charge is 2.00 e. The molecule has 0 radical (unpaired) electrons. The van der Waals surface area contributed by atoms with E-state index in [4.69, 9.17) is 77.0 Å². The first-order chi connectivity index (χ1) is 8.00. The minimum absolute atomic E-state index is 0. The van der Waals surface area contributed by atoms with E-state index >= 15 is 0 Å². The van der Waals surface area contributed by atoms with Crippen LogP contribution in [0.4, 0.5) is 0 Å². The summed E-state index contributed by atoms with van der Waals surface area (Å²) in [6, 6.07) is 0. The summed E-state index contributed by atoms with van der Waals surface area (Å²) in [4.78, 5) is 86.2. The zero-order chi connectivity index (χ0) is 18.0. The third kappa shape index (κ3) is 506. The van der Waals surface area contributed by atoms with Crippen molar-refractivity contribution in [2.45, 2.75) is 0 Å². The van der Waals surface area contributed by atoms with Crippen molar-refractivity contribution in [3.63, 3.8) is 0 Å². The van der Waals surface area contributed by atoms with Gasteiger partial charge in [0.05, 0.1) is 0 Å². The Balaban J connectivity index is -0.00000000388. The van der Waals surface area contributed by atoms with Crippen molar-refractivity contribution in [3.8, 4) is 0 Å². The summed E-state index contributed by atoms with van der Waals surface area (Å²) >= 11 is 0. The molecule has 0 bridgehead atoms. The molecule has 0 saturated heterocycles. The molecule has 0 atom stereocenters. The maximum Gasteiger partial charge on any atom is 2.00 e. The van der Waals surface area contributed by atoms with E-state index in [0.717, 1.165) is 0 Å². The maximum atomic E-state index is 8.88. The molecule has 0 spiro atoms. The fraction of sp³-hybridized carbons (Fsp3) is 0. The van der Waals surface area contributed by atoms with Crippen LogP contribution in [0, 0.1) is 0 Å². The van der Waals surface area contributed by atoms with Gasteiger partial charge in [0.2, 0.25) is 0 Å². The van der Waals surface area contributed by atoms with Crippen molar-refractivity contribution >= 4 is 182 Å². The van der Waals surface area contributed by atoms with Crippen molar-refractivity contribution < 1.29 is 181 Å². The fourth-order valence-electron chi connectivity index (χ4n) is 0. The van der Waals surface area contributed by atoms with Crippen LogP contribution in [0.3, 0.4) is 0 Å². The van der Waals surface area contributed by atoms with E-state index in [1.54, 1.807) is 0 Å². The second-order valence-electron chi connectivity index (χ2n) is 2.05. The van der Waals surface area contributed by atoms with Crippen LogP contribution in [-0.4, -0.2) is 210 Å². The first-order valence-electron chi connectivity index (χ1n) is 3.13. The van der Waals surface area contributed by atoms with Gasteiger partial charge >= 0.3 is 271 Å². The van der Waals surface area contributed by atoms with Crippen LogP contribution in [0.2, 0.25) is 0 Å². The van der Waals surface area contributed by atoms with E-state index in [1.165, 1.54) is 0 Å². The van der Waals surface area contributed by atoms with Crippen LogP contribution in [0.1, 0.15) is 15.7 Å². The molecule has 0 fully saturated rings. The van der Waals surface area contributed by atoms with E-state index in [9.17, 15) is 0 Å². The van der Waals surface area contributed by atoms with E-state index in [2.05, 4.69) is 0 Å². The Morgan fingerprint density at radius 3 is 0.333 bits per heavy atom. The SMILES string of the molecule is O=P(O)(O)O.O=P(O)(O)O.O=P(O)(O)O.O=P(O)(O)O.[Ca+2].[Ca+2].[Ca+2].[Ca+2].[H-].[H-].[H-].[H-].[H-].[H-].[H-].[H-].[H-].[H-].[H-].[Na+].[Na+].[Na+]. The Morgan fingerprint density at radius 1 is 0.333 bits per heavy atom. The van der Waals surface area contributed by atoms with E-state index in [-0.39, 0.29) is 255 Å². The standard InChI is InChI=1S/4Ca.3Na.4H3O4P.11H/c;;;;;;;4*1-5(2,3)4;;;;;;;;;;;/h;;;;;;;4*(H3,1,2,3,4);;;;;;;;;;;/q4*+2;3*+1;;;;;11*-1. The molecule has 0 aliphatic heterocycles. The van der Waals surface area contributed by atoms with Gasteiger partial charge in [-0.3, -0.25) is 0 Å². The Kier molecular flexibility index (Phi) is 95.5. The topological polar surface area (TPSA) is 311 Å². The van der Waals surface area contributed by atoms with Crippen molar-refractivity contribution in [2.75, 3.05) is 0 Å². The molecule has 0 aliphatic rings. The third-order valence-corrected chi connectivity index (χ3v) is 0. The number of hydrogen-bond acceptors (Lipinski definition) is 4. The normalized spacial score (nSPS) is 8.74. The minimum Gasteiger partial charge on any atom is -1.00 e. The Labute approximate surface area is 355 Å². The van der Waals surface area contributed by atoms with Crippen LogP contribution < -0.4 is 88.7 Å². The molecule has 0 unspecified atom stereocenters. The summed E-state index contributed by atoms with van der Waals surface area (Å²) < 4.78 is 35.5. The molecule has 27 heteroatoms. The van der Waals surface area contributed by atoms with E-state index in [0.29, 0.717) is 0 Å². The van der Waals surface area contributed by atoms with Crippen molar-refractivity contribution in [2.24, 2.45) is 0 Å². The first kappa shape index (κ1) is 70.4. The second kappa shape index (κ2) is 36.6. The fourth-order valence-corrected chi connectivity index (χ4v) is 0. The Hall–Kier alpha value is 8.48. The van der Waals surface area contributed by atoms with Crippen molar-refractivity contribution in [1.82, 2.24) is 0 Å². The Bertz CT molecular complexity index is 341. The van der Waals surface area contributed by atoms with Crippen LogP contribution in [-0.2, 0) is 18.3 Å². The van der Waals surface area contributed by atoms with Gasteiger partial charge in [-0.05, 0) is 0 Å². The summed E-state index contributed by atoms with van der Waals surface area (Å²) in [5.41, 5.74) is 0. The van der Waals surface area contributed by atoms with E-state index in [1.807, 2.05) is 0 Å². The van der Waals surface area contributed by atoms with Gasteiger partial charge in [0.25, 0.3) is 0 Å². The van der Waals surface area contributed by atoms with Crippen molar-refractivity contribution in [3.05, 3.63) is 0 Å². The van der Waals surface area contributed by atoms with Gasteiger partial charge in [-0.25, -0.2) is 18.3 Å². The summed E-state index contributed by atoms with van der Waals surface area (Å²) in [5, 5.41) is 0. The van der Waals surface area contributed by atoms with Crippen LogP contribution in [0.25, 0.3) is 0 Å². The van der Waals surface area contributed by atoms with Gasteiger partial charge in [-0.2, -0.15) is 0 Å². The van der Waals surface area contributed by atoms with Crippen LogP contribution in [0.5, 0.6) is 0 Å². The third-order valence-electron chi connectivity index (χ3n) is 0. The van der Waals surface area contributed by atoms with Gasteiger partial charge in [0.15, 0.2) is 0 Å². The summed E-state index contributed by atoms with van der Waals surface area (Å²) in [6.45, 7) is 0. The molecule has 0 saturated carbocycles. The molecule has 150 valence electrons. The maximum absolute atomic E-state index is 8.88. The summed E-state index contributed by atoms with van der Waals surface area (Å²) in [6.07, 6.45) is 0. The number of rotatable bonds is 0. The van der Waals surface area contributed by atoms with Crippen LogP contribution in [0.15, 0.2) is 0 Å². The molecular weight excluding hydrogens is 609 g/mol. The number of phosphoric acid groups is 4. The van der Waals surface area contributed by atoms with Gasteiger partial charge in [0, 0.05) is 0 Å². The summed E-state index contributed by atoms with van der Waals surface area (Å²) in [7, 11) is -18.6. The number of hydrogen-bond donors (Lipinski definition) is 12. The van der Waals surface area contributed by atoms with Gasteiger partial charge < -0.3 is 74.4 Å². The molecule has 0 aromatic rings. The minimum atomic E-state index is -4.64. The molecule has 0 aromatic heterocycles. The molecule has 0 amide bonds. The molecule has 16 nitrogen and oxygen atoms in total. The molecule has 0 heterocycles. The zero-order valence-corrected chi connectivity index (χ0v) is 33.0. The molecule has 27 heavy (non-hydrogen) atoms. The van der Waals surface area contributed by atoms with Gasteiger partial charge in [-0.15, -0.1) is 0 Å². The molecular formula is H23Ca4Na3O16P4. The molecule has 12 N–H and O–H groups in total. The zero-order valence-electron chi connectivity index (χ0n) is 25.6. The van der Waals surface area contributed by atoms with Crippen LogP contribution >= 0.6 is 31.3 Å². The van der Waals surface area contributed by atoms with E-state index < -0.39 is 31.3 Å². The molecule has 0 aromatic carbocycles. The predicted molar refractivity (Wildman–Crippen MR) is 92.3 cm³/mol. The predicted octanol–water partition coefficient (Wildman–Crippen LogP) is -13.0. The quantitative estimate of drug-likeness (QED) is 0.0871. The van der Waals surface area contributed by atoms with Crippen molar-refractivity contribution in [1.29, 1.82) is 0 Å².